The van der Waals surface area contributed by atoms with Crippen molar-refractivity contribution >= 4 is 24.2 Å². The van der Waals surface area contributed by atoms with E-state index in [9.17, 15) is 0 Å². The summed E-state index contributed by atoms with van der Waals surface area (Å²) in [5, 5.41) is 0. The summed E-state index contributed by atoms with van der Waals surface area (Å²) in [6.45, 7) is 4.06. The van der Waals surface area contributed by atoms with Crippen molar-refractivity contribution in [1.29, 1.82) is 0 Å². The molecule has 0 saturated heterocycles. The Hall–Kier alpha value is 0.600. The Morgan fingerprint density at radius 2 is 1.88 bits per heavy atom. The van der Waals surface area contributed by atoms with Gasteiger partial charge in [0.2, 0.25) is 0 Å². The molecule has 0 unspecified atom stereocenters. The highest BCUT2D eigenvalue weighted by atomic mass is 35.5. The van der Waals surface area contributed by atoms with Gasteiger partial charge in [-0.15, -0.1) is 12.4 Å². The first-order valence-electron chi connectivity index (χ1n) is 2.34. The average Bonchev–Trinajstić information content (AvgIpc) is 1.30. The minimum Gasteiger partial charge on any atom is -0.325 e. The van der Waals surface area contributed by atoms with Crippen LogP contribution in [0.2, 0.25) is 0 Å². The van der Waals surface area contributed by atoms with Crippen molar-refractivity contribution in [3.8, 4) is 0 Å². The summed E-state index contributed by atoms with van der Waals surface area (Å²) in [6.07, 6.45) is 2.06. The van der Waals surface area contributed by atoms with Crippen LogP contribution < -0.4 is 5.73 Å². The van der Waals surface area contributed by atoms with Crippen molar-refractivity contribution in [3.05, 3.63) is 0 Å². The molecule has 0 aromatic heterocycles. The lowest BCUT2D eigenvalue weighted by Crippen LogP contribution is -2.34. The molecular weight excluding hydrogens is 142 g/mol. The maximum absolute atomic E-state index is 5.63. The van der Waals surface area contributed by atoms with E-state index in [0.717, 1.165) is 5.75 Å². The third-order valence-corrected chi connectivity index (χ3v) is 1.55. The van der Waals surface area contributed by atoms with E-state index in [1.54, 1.807) is 11.8 Å². The van der Waals surface area contributed by atoms with Gasteiger partial charge in [-0.1, -0.05) is 0 Å². The third-order valence-electron chi connectivity index (χ3n) is 0.516. The molecule has 0 radical (unpaired) electrons. The van der Waals surface area contributed by atoms with E-state index in [0.29, 0.717) is 0 Å². The number of nitrogens with two attached hydrogens (primary N) is 1. The first kappa shape index (κ1) is 11.4. The molecule has 0 heterocycles. The van der Waals surface area contributed by atoms with E-state index in [1.807, 2.05) is 13.8 Å². The van der Waals surface area contributed by atoms with E-state index in [2.05, 4.69) is 6.26 Å². The fraction of sp³-hybridized carbons (Fsp3) is 1.00. The number of rotatable bonds is 2. The molecule has 0 aliphatic heterocycles. The highest BCUT2D eigenvalue weighted by molar-refractivity contribution is 7.98. The number of hydrogen-bond acceptors (Lipinski definition) is 2. The van der Waals surface area contributed by atoms with Crippen LogP contribution in [0, 0.1) is 0 Å². The Kier molecular flexibility index (Phi) is 6.38. The Balaban J connectivity index is 0. The van der Waals surface area contributed by atoms with Gasteiger partial charge in [-0.2, -0.15) is 11.8 Å². The molecule has 0 fully saturated rings. The topological polar surface area (TPSA) is 26.0 Å². The van der Waals surface area contributed by atoms with E-state index in [-0.39, 0.29) is 17.9 Å². The monoisotopic (exact) mass is 155 g/mol. The van der Waals surface area contributed by atoms with Crippen LogP contribution in [-0.2, 0) is 0 Å². The van der Waals surface area contributed by atoms with Gasteiger partial charge in [-0.05, 0) is 20.1 Å². The molecular formula is C5H14ClNS. The SMILES string of the molecule is CSCC(C)(C)N.Cl. The lowest BCUT2D eigenvalue weighted by molar-refractivity contribution is 0.592. The zero-order valence-corrected chi connectivity index (χ0v) is 7.23. The second-order valence-corrected chi connectivity index (χ2v) is 3.29. The standard InChI is InChI=1S/C5H13NS.ClH/c1-5(2,6)4-7-3;/h4,6H2,1-3H3;1H. The van der Waals surface area contributed by atoms with Crippen molar-refractivity contribution < 1.29 is 0 Å². The van der Waals surface area contributed by atoms with Gasteiger partial charge in [0.05, 0.1) is 0 Å². The van der Waals surface area contributed by atoms with Gasteiger partial charge in [-0.25, -0.2) is 0 Å². The summed E-state index contributed by atoms with van der Waals surface area (Å²) in [5.74, 6) is 1.03. The van der Waals surface area contributed by atoms with Crippen molar-refractivity contribution in [2.24, 2.45) is 5.73 Å². The summed E-state index contributed by atoms with van der Waals surface area (Å²) >= 11 is 1.78. The molecule has 0 aromatic carbocycles. The summed E-state index contributed by atoms with van der Waals surface area (Å²) in [5.41, 5.74) is 5.64. The molecule has 2 N–H and O–H groups in total. The third kappa shape index (κ3) is 9.78. The fourth-order valence-electron chi connectivity index (χ4n) is 0.372. The van der Waals surface area contributed by atoms with Crippen LogP contribution in [0.15, 0.2) is 0 Å². The molecule has 0 atom stereocenters. The predicted molar refractivity (Wildman–Crippen MR) is 43.9 cm³/mol. The summed E-state index contributed by atoms with van der Waals surface area (Å²) in [6, 6.07) is 0. The minimum absolute atomic E-state index is 0. The van der Waals surface area contributed by atoms with Gasteiger partial charge in [0.1, 0.15) is 0 Å². The molecule has 0 bridgehead atoms. The largest absolute Gasteiger partial charge is 0.325 e. The fourth-order valence-corrected chi connectivity index (χ4v) is 1.12. The Morgan fingerprint density at radius 1 is 1.50 bits per heavy atom. The van der Waals surface area contributed by atoms with Crippen molar-refractivity contribution in [3.63, 3.8) is 0 Å². The van der Waals surface area contributed by atoms with Crippen LogP contribution >= 0.6 is 24.2 Å². The summed E-state index contributed by atoms with van der Waals surface area (Å²) in [4.78, 5) is 0. The maximum atomic E-state index is 5.63. The number of hydrogen-bond donors (Lipinski definition) is 1. The summed E-state index contributed by atoms with van der Waals surface area (Å²) < 4.78 is 0. The highest BCUT2D eigenvalue weighted by Gasteiger charge is 2.07. The van der Waals surface area contributed by atoms with E-state index >= 15 is 0 Å². The molecule has 52 valence electrons. The zero-order chi connectivity index (χ0) is 5.91. The van der Waals surface area contributed by atoms with Crippen LogP contribution in [0.3, 0.4) is 0 Å². The van der Waals surface area contributed by atoms with Gasteiger partial charge in [0.15, 0.2) is 0 Å². The number of halogens is 1. The molecule has 0 aliphatic rings. The van der Waals surface area contributed by atoms with Crippen LogP contribution in [-0.4, -0.2) is 17.5 Å². The van der Waals surface area contributed by atoms with Gasteiger partial charge < -0.3 is 5.73 Å². The lowest BCUT2D eigenvalue weighted by atomic mass is 10.1. The maximum Gasteiger partial charge on any atom is 0.0188 e. The molecule has 1 nitrogen and oxygen atoms in total. The quantitative estimate of drug-likeness (QED) is 0.655. The molecule has 0 aromatic rings. The van der Waals surface area contributed by atoms with E-state index in [1.165, 1.54) is 0 Å². The van der Waals surface area contributed by atoms with Gasteiger partial charge in [0.25, 0.3) is 0 Å². The van der Waals surface area contributed by atoms with Gasteiger partial charge in [-0.3, -0.25) is 0 Å². The van der Waals surface area contributed by atoms with Crippen LogP contribution in [0.4, 0.5) is 0 Å². The average molecular weight is 156 g/mol. The first-order chi connectivity index (χ1) is 3.06. The lowest BCUT2D eigenvalue weighted by Gasteiger charge is -2.15. The first-order valence-corrected chi connectivity index (χ1v) is 3.73. The van der Waals surface area contributed by atoms with Crippen molar-refractivity contribution in [1.82, 2.24) is 0 Å². The van der Waals surface area contributed by atoms with Crippen LogP contribution in [0.5, 0.6) is 0 Å². The van der Waals surface area contributed by atoms with Crippen LogP contribution in [0.1, 0.15) is 13.8 Å². The predicted octanol–water partition coefficient (Wildman–Crippen LogP) is 1.51. The highest BCUT2D eigenvalue weighted by Crippen LogP contribution is 2.04. The summed E-state index contributed by atoms with van der Waals surface area (Å²) in [7, 11) is 0. The molecule has 0 amide bonds. The second-order valence-electron chi connectivity index (χ2n) is 2.42. The molecule has 0 rings (SSSR count). The van der Waals surface area contributed by atoms with E-state index in [4.69, 9.17) is 5.73 Å². The zero-order valence-electron chi connectivity index (χ0n) is 5.60. The Labute approximate surface area is 61.8 Å². The van der Waals surface area contributed by atoms with Crippen molar-refractivity contribution in [2.45, 2.75) is 19.4 Å². The van der Waals surface area contributed by atoms with E-state index < -0.39 is 0 Å². The molecule has 8 heavy (non-hydrogen) atoms. The molecule has 0 saturated carbocycles. The van der Waals surface area contributed by atoms with Crippen molar-refractivity contribution in [2.75, 3.05) is 12.0 Å². The second kappa shape index (κ2) is 4.48. The smallest absolute Gasteiger partial charge is 0.0188 e. The van der Waals surface area contributed by atoms with Crippen LogP contribution in [0.25, 0.3) is 0 Å². The Bertz CT molecular complexity index is 50.9. The minimum atomic E-state index is 0. The molecule has 0 spiro atoms. The molecule has 3 heteroatoms. The molecule has 0 aliphatic carbocycles. The van der Waals surface area contributed by atoms with Gasteiger partial charge in [0, 0.05) is 11.3 Å². The Morgan fingerprint density at radius 3 is 1.88 bits per heavy atom. The normalized spacial score (nSPS) is 10.5. The van der Waals surface area contributed by atoms with Gasteiger partial charge >= 0.3 is 0 Å². The number of thioether (sulfide) groups is 1.